The maximum absolute atomic E-state index is 6.07. The highest BCUT2D eigenvalue weighted by Crippen LogP contribution is 2.25. The third-order valence-corrected chi connectivity index (χ3v) is 3.77. The van der Waals surface area contributed by atoms with Gasteiger partial charge in [-0.2, -0.15) is 0 Å². The summed E-state index contributed by atoms with van der Waals surface area (Å²) in [7, 11) is 0. The Morgan fingerprint density at radius 1 is 1.20 bits per heavy atom. The predicted molar refractivity (Wildman–Crippen MR) is 83.4 cm³/mol. The van der Waals surface area contributed by atoms with Crippen LogP contribution in [0.25, 0.3) is 0 Å². The molecule has 2 rings (SSSR count). The van der Waals surface area contributed by atoms with E-state index in [0.717, 1.165) is 30.0 Å². The third kappa shape index (κ3) is 3.92. The van der Waals surface area contributed by atoms with Crippen LogP contribution in [-0.2, 0) is 6.42 Å². The highest BCUT2D eigenvalue weighted by molar-refractivity contribution is 6.42. The number of likely N-dealkylation sites (N-methyl/N-ethyl adjacent to an activating group) is 1. The Morgan fingerprint density at radius 3 is 2.65 bits per heavy atom. The van der Waals surface area contributed by atoms with Crippen LogP contribution in [0.5, 0.6) is 0 Å². The van der Waals surface area contributed by atoms with Gasteiger partial charge in [-0.3, -0.25) is 0 Å². The number of nitrogens with one attached hydrogen (secondary N) is 1. The largest absolute Gasteiger partial charge is 0.309 e. The first-order chi connectivity index (χ1) is 9.60. The van der Waals surface area contributed by atoms with E-state index in [1.165, 1.54) is 0 Å². The second-order valence-corrected chi connectivity index (χ2v) is 5.41. The average molecular weight is 310 g/mol. The molecule has 3 nitrogen and oxygen atoms in total. The summed E-state index contributed by atoms with van der Waals surface area (Å²) in [6, 6.07) is 7.80. The van der Waals surface area contributed by atoms with Crippen molar-refractivity contribution in [2.75, 3.05) is 6.54 Å². The van der Waals surface area contributed by atoms with Gasteiger partial charge in [0.05, 0.1) is 21.8 Å². The molecule has 1 N–H and O–H groups in total. The van der Waals surface area contributed by atoms with Gasteiger partial charge in [0.15, 0.2) is 0 Å². The molecule has 5 heteroatoms. The van der Waals surface area contributed by atoms with Gasteiger partial charge in [-0.15, -0.1) is 0 Å². The standard InChI is InChI=1S/C15H17Cl2N3/c1-3-18-15(14-6-7-19-10(2)20-14)9-11-4-5-12(16)13(17)8-11/h4-8,15,18H,3,9H2,1-2H3. The number of halogens is 2. The smallest absolute Gasteiger partial charge is 0.125 e. The highest BCUT2D eigenvalue weighted by Gasteiger charge is 2.13. The topological polar surface area (TPSA) is 37.8 Å². The molecular weight excluding hydrogens is 293 g/mol. The molecule has 20 heavy (non-hydrogen) atoms. The lowest BCUT2D eigenvalue weighted by molar-refractivity contribution is 0.534. The van der Waals surface area contributed by atoms with Crippen LogP contribution in [0.1, 0.15) is 30.0 Å². The van der Waals surface area contributed by atoms with Crippen LogP contribution in [0.15, 0.2) is 30.5 Å². The Kier molecular flexibility index (Phi) is 5.35. The molecule has 2 aromatic rings. The summed E-state index contributed by atoms with van der Waals surface area (Å²) in [5, 5.41) is 4.60. The lowest BCUT2D eigenvalue weighted by Crippen LogP contribution is -2.24. The van der Waals surface area contributed by atoms with Crippen LogP contribution in [0, 0.1) is 6.92 Å². The first-order valence-corrected chi connectivity index (χ1v) is 7.32. The molecule has 1 aromatic carbocycles. The van der Waals surface area contributed by atoms with E-state index in [-0.39, 0.29) is 6.04 Å². The minimum atomic E-state index is 0.138. The van der Waals surface area contributed by atoms with Gasteiger partial charge in [0.1, 0.15) is 5.82 Å². The van der Waals surface area contributed by atoms with Gasteiger partial charge in [0.2, 0.25) is 0 Å². The highest BCUT2D eigenvalue weighted by atomic mass is 35.5. The quantitative estimate of drug-likeness (QED) is 0.907. The minimum absolute atomic E-state index is 0.138. The molecule has 0 fully saturated rings. The molecule has 1 heterocycles. The summed E-state index contributed by atoms with van der Waals surface area (Å²) in [6.45, 7) is 4.84. The normalized spacial score (nSPS) is 12.4. The summed E-state index contributed by atoms with van der Waals surface area (Å²) < 4.78 is 0. The van der Waals surface area contributed by atoms with Gasteiger partial charge in [0, 0.05) is 6.20 Å². The first-order valence-electron chi connectivity index (χ1n) is 6.57. The Hall–Kier alpha value is -1.16. The van der Waals surface area contributed by atoms with Crippen LogP contribution in [0.2, 0.25) is 10.0 Å². The van der Waals surface area contributed by atoms with Gasteiger partial charge in [-0.1, -0.05) is 36.2 Å². The molecule has 0 aliphatic heterocycles. The van der Waals surface area contributed by atoms with Crippen molar-refractivity contribution < 1.29 is 0 Å². The van der Waals surface area contributed by atoms with E-state index in [1.54, 1.807) is 6.20 Å². The number of aryl methyl sites for hydroxylation is 1. The van der Waals surface area contributed by atoms with Crippen LogP contribution in [0.4, 0.5) is 0 Å². The van der Waals surface area contributed by atoms with Crippen molar-refractivity contribution in [3.63, 3.8) is 0 Å². The fraction of sp³-hybridized carbons (Fsp3) is 0.333. The number of hydrogen-bond acceptors (Lipinski definition) is 3. The fourth-order valence-electron chi connectivity index (χ4n) is 2.10. The Morgan fingerprint density at radius 2 is 2.00 bits per heavy atom. The lowest BCUT2D eigenvalue weighted by Gasteiger charge is -2.18. The number of benzene rings is 1. The maximum Gasteiger partial charge on any atom is 0.125 e. The Balaban J connectivity index is 2.22. The summed E-state index contributed by atoms with van der Waals surface area (Å²) in [6.07, 6.45) is 2.60. The molecule has 1 aromatic heterocycles. The third-order valence-electron chi connectivity index (χ3n) is 3.03. The van der Waals surface area contributed by atoms with Crippen LogP contribution >= 0.6 is 23.2 Å². The van der Waals surface area contributed by atoms with Crippen molar-refractivity contribution in [1.29, 1.82) is 0 Å². The molecule has 0 spiro atoms. The van der Waals surface area contributed by atoms with Crippen LogP contribution < -0.4 is 5.32 Å². The van der Waals surface area contributed by atoms with Gasteiger partial charge in [-0.25, -0.2) is 9.97 Å². The molecule has 0 amide bonds. The van der Waals surface area contributed by atoms with E-state index < -0.39 is 0 Å². The summed E-state index contributed by atoms with van der Waals surface area (Å²) in [5.41, 5.74) is 2.12. The monoisotopic (exact) mass is 309 g/mol. The molecule has 0 aliphatic rings. The van der Waals surface area contributed by atoms with Gasteiger partial charge in [0.25, 0.3) is 0 Å². The minimum Gasteiger partial charge on any atom is -0.309 e. The Labute approximate surface area is 129 Å². The van der Waals surface area contributed by atoms with E-state index in [0.29, 0.717) is 10.0 Å². The van der Waals surface area contributed by atoms with E-state index in [1.807, 2.05) is 31.2 Å². The van der Waals surface area contributed by atoms with Gasteiger partial charge in [-0.05, 0) is 43.7 Å². The second kappa shape index (κ2) is 7.02. The van der Waals surface area contributed by atoms with Crippen molar-refractivity contribution >= 4 is 23.2 Å². The van der Waals surface area contributed by atoms with E-state index in [9.17, 15) is 0 Å². The molecule has 0 saturated carbocycles. The molecule has 0 radical (unpaired) electrons. The Bertz CT molecular complexity index is 587. The summed E-state index contributed by atoms with van der Waals surface area (Å²) in [4.78, 5) is 8.63. The number of rotatable bonds is 5. The van der Waals surface area contributed by atoms with Crippen LogP contribution in [0.3, 0.4) is 0 Å². The van der Waals surface area contributed by atoms with Crippen LogP contribution in [-0.4, -0.2) is 16.5 Å². The lowest BCUT2D eigenvalue weighted by atomic mass is 10.0. The molecule has 106 valence electrons. The van der Waals surface area contributed by atoms with Crippen molar-refractivity contribution in [2.45, 2.75) is 26.3 Å². The molecule has 1 atom stereocenters. The average Bonchev–Trinajstić information content (AvgIpc) is 2.42. The SMILES string of the molecule is CCNC(Cc1ccc(Cl)c(Cl)c1)c1ccnc(C)n1. The molecule has 0 saturated heterocycles. The molecule has 0 aliphatic carbocycles. The molecule has 0 bridgehead atoms. The van der Waals surface area contributed by atoms with Gasteiger partial charge < -0.3 is 5.32 Å². The van der Waals surface area contributed by atoms with Crippen molar-refractivity contribution in [3.8, 4) is 0 Å². The van der Waals surface area contributed by atoms with Gasteiger partial charge >= 0.3 is 0 Å². The zero-order valence-corrected chi connectivity index (χ0v) is 13.0. The number of hydrogen-bond donors (Lipinski definition) is 1. The van der Waals surface area contributed by atoms with E-state index >= 15 is 0 Å². The van der Waals surface area contributed by atoms with Crippen molar-refractivity contribution in [1.82, 2.24) is 15.3 Å². The summed E-state index contributed by atoms with van der Waals surface area (Å²) in [5.74, 6) is 0.777. The summed E-state index contributed by atoms with van der Waals surface area (Å²) >= 11 is 12.0. The zero-order chi connectivity index (χ0) is 14.5. The van der Waals surface area contributed by atoms with E-state index in [4.69, 9.17) is 23.2 Å². The number of nitrogens with zero attached hydrogens (tertiary/aromatic N) is 2. The first kappa shape index (κ1) is 15.2. The number of aromatic nitrogens is 2. The van der Waals surface area contributed by atoms with Crippen molar-refractivity contribution in [2.24, 2.45) is 0 Å². The molecule has 1 unspecified atom stereocenters. The maximum atomic E-state index is 6.07. The molecular formula is C15H17Cl2N3. The van der Waals surface area contributed by atoms with Crippen molar-refractivity contribution in [3.05, 3.63) is 57.6 Å². The van der Waals surface area contributed by atoms with E-state index in [2.05, 4.69) is 22.2 Å². The predicted octanol–water partition coefficient (Wildman–Crippen LogP) is 3.99. The zero-order valence-electron chi connectivity index (χ0n) is 11.5. The second-order valence-electron chi connectivity index (χ2n) is 4.59. The fourth-order valence-corrected chi connectivity index (χ4v) is 2.42.